The monoisotopic (exact) mass is 304 g/mol. The van der Waals surface area contributed by atoms with Gasteiger partial charge in [-0.2, -0.15) is 23.3 Å². The maximum absolute atomic E-state index is 12.7. The van der Waals surface area contributed by atoms with Gasteiger partial charge >= 0.3 is 6.18 Å². The topological polar surface area (TPSA) is 43.6 Å². The predicted molar refractivity (Wildman–Crippen MR) is 68.0 cm³/mol. The zero-order valence-corrected chi connectivity index (χ0v) is 11.8. The molecule has 0 aliphatic rings. The van der Waals surface area contributed by atoms with Gasteiger partial charge in [0.1, 0.15) is 0 Å². The molecule has 0 saturated carbocycles. The number of hydrogen-bond acceptors (Lipinski definition) is 3. The number of nitrogens with zero attached hydrogens (tertiary/aromatic N) is 4. The van der Waals surface area contributed by atoms with Crippen molar-refractivity contribution in [2.75, 3.05) is 0 Å². The van der Waals surface area contributed by atoms with Gasteiger partial charge in [0.25, 0.3) is 0 Å². The summed E-state index contributed by atoms with van der Waals surface area (Å²) >= 11 is 5.58. The molecule has 0 radical (unpaired) electrons. The van der Waals surface area contributed by atoms with E-state index in [4.69, 9.17) is 11.6 Å². The Morgan fingerprint density at radius 2 is 1.90 bits per heavy atom. The SMILES string of the molecule is CCc1c(C)nn(-c2cc(C(F)(F)F)nc(Cl)n2)c1C. The Morgan fingerprint density at radius 1 is 1.25 bits per heavy atom. The average Bonchev–Trinajstić information content (AvgIpc) is 2.62. The van der Waals surface area contributed by atoms with Crippen molar-refractivity contribution in [1.82, 2.24) is 19.7 Å². The summed E-state index contributed by atoms with van der Waals surface area (Å²) in [6.07, 6.45) is -3.84. The van der Waals surface area contributed by atoms with Crippen LogP contribution in [0.5, 0.6) is 0 Å². The van der Waals surface area contributed by atoms with Crippen molar-refractivity contribution in [3.05, 3.63) is 34.0 Å². The minimum absolute atomic E-state index is 0.0117. The van der Waals surface area contributed by atoms with Gasteiger partial charge in [0.15, 0.2) is 11.5 Å². The molecule has 0 bridgehead atoms. The van der Waals surface area contributed by atoms with Crippen LogP contribution in [0.3, 0.4) is 0 Å². The molecular formula is C12H12ClF3N4. The number of aryl methyl sites for hydroxylation is 1. The molecule has 0 saturated heterocycles. The molecule has 2 aromatic rings. The summed E-state index contributed by atoms with van der Waals surface area (Å²) in [6, 6.07) is 0.838. The third-order valence-electron chi connectivity index (χ3n) is 2.99. The first-order valence-electron chi connectivity index (χ1n) is 5.91. The summed E-state index contributed by atoms with van der Waals surface area (Å²) in [7, 11) is 0. The lowest BCUT2D eigenvalue weighted by Gasteiger charge is -2.09. The van der Waals surface area contributed by atoms with Gasteiger partial charge in [-0.15, -0.1) is 0 Å². The fourth-order valence-corrected chi connectivity index (χ4v) is 2.25. The van der Waals surface area contributed by atoms with Gasteiger partial charge in [0, 0.05) is 11.8 Å². The van der Waals surface area contributed by atoms with Crippen LogP contribution in [0.2, 0.25) is 5.28 Å². The Morgan fingerprint density at radius 3 is 2.40 bits per heavy atom. The van der Waals surface area contributed by atoms with Crippen molar-refractivity contribution in [2.24, 2.45) is 0 Å². The average molecular weight is 305 g/mol. The second-order valence-corrected chi connectivity index (χ2v) is 4.63. The van der Waals surface area contributed by atoms with Crippen LogP contribution in [-0.4, -0.2) is 19.7 Å². The highest BCUT2D eigenvalue weighted by atomic mass is 35.5. The maximum Gasteiger partial charge on any atom is 0.433 e. The normalized spacial score (nSPS) is 11.9. The highest BCUT2D eigenvalue weighted by molar-refractivity contribution is 6.28. The molecular weight excluding hydrogens is 293 g/mol. The zero-order chi connectivity index (χ0) is 15.1. The van der Waals surface area contributed by atoms with Crippen LogP contribution < -0.4 is 0 Å². The van der Waals surface area contributed by atoms with Crippen LogP contribution in [0.1, 0.15) is 29.6 Å². The fourth-order valence-electron chi connectivity index (χ4n) is 2.07. The minimum atomic E-state index is -4.58. The van der Waals surface area contributed by atoms with Crippen LogP contribution in [-0.2, 0) is 12.6 Å². The second kappa shape index (κ2) is 5.05. The van der Waals surface area contributed by atoms with E-state index in [1.807, 2.05) is 6.92 Å². The first-order valence-corrected chi connectivity index (χ1v) is 6.29. The summed E-state index contributed by atoms with van der Waals surface area (Å²) < 4.78 is 39.6. The van der Waals surface area contributed by atoms with E-state index in [0.717, 1.165) is 29.4 Å². The largest absolute Gasteiger partial charge is 0.433 e. The molecule has 0 unspecified atom stereocenters. The van der Waals surface area contributed by atoms with Gasteiger partial charge in [-0.1, -0.05) is 6.92 Å². The number of alkyl halides is 3. The maximum atomic E-state index is 12.7. The molecule has 108 valence electrons. The van der Waals surface area contributed by atoms with Crippen molar-refractivity contribution in [3.63, 3.8) is 0 Å². The fraction of sp³-hybridized carbons (Fsp3) is 0.417. The molecule has 0 atom stereocenters. The molecule has 0 N–H and O–H groups in total. The zero-order valence-electron chi connectivity index (χ0n) is 11.1. The number of hydrogen-bond donors (Lipinski definition) is 0. The van der Waals surface area contributed by atoms with E-state index in [2.05, 4.69) is 15.1 Å². The van der Waals surface area contributed by atoms with Crippen molar-refractivity contribution in [3.8, 4) is 5.82 Å². The summed E-state index contributed by atoms with van der Waals surface area (Å²) in [5, 5.41) is 3.76. The molecule has 2 aromatic heterocycles. The van der Waals surface area contributed by atoms with Crippen LogP contribution >= 0.6 is 11.6 Å². The van der Waals surface area contributed by atoms with Crippen LogP contribution in [0.15, 0.2) is 6.07 Å². The van der Waals surface area contributed by atoms with E-state index in [-0.39, 0.29) is 5.82 Å². The highest BCUT2D eigenvalue weighted by Crippen LogP contribution is 2.29. The van der Waals surface area contributed by atoms with E-state index < -0.39 is 17.2 Å². The van der Waals surface area contributed by atoms with E-state index in [1.54, 1.807) is 13.8 Å². The Bertz CT molecular complexity index is 649. The lowest BCUT2D eigenvalue weighted by molar-refractivity contribution is -0.141. The van der Waals surface area contributed by atoms with Gasteiger partial charge in [0.2, 0.25) is 5.28 Å². The van der Waals surface area contributed by atoms with E-state index in [1.165, 1.54) is 4.68 Å². The molecule has 0 aliphatic carbocycles. The third kappa shape index (κ3) is 2.63. The predicted octanol–water partition coefficient (Wildman–Crippen LogP) is 3.51. The van der Waals surface area contributed by atoms with Crippen LogP contribution in [0.4, 0.5) is 13.2 Å². The number of aromatic nitrogens is 4. The van der Waals surface area contributed by atoms with E-state index >= 15 is 0 Å². The highest BCUT2D eigenvalue weighted by Gasteiger charge is 2.34. The Labute approximate surface area is 118 Å². The molecule has 20 heavy (non-hydrogen) atoms. The van der Waals surface area contributed by atoms with E-state index in [9.17, 15) is 13.2 Å². The minimum Gasteiger partial charge on any atom is -0.219 e. The summed E-state index contributed by atoms with van der Waals surface area (Å²) in [5.41, 5.74) is 1.40. The van der Waals surface area contributed by atoms with Crippen molar-refractivity contribution < 1.29 is 13.2 Å². The molecule has 0 spiro atoms. The van der Waals surface area contributed by atoms with E-state index in [0.29, 0.717) is 0 Å². The molecule has 0 fully saturated rings. The van der Waals surface area contributed by atoms with Gasteiger partial charge in [-0.25, -0.2) is 9.67 Å². The molecule has 0 aromatic carbocycles. The lowest BCUT2D eigenvalue weighted by Crippen LogP contribution is -2.12. The smallest absolute Gasteiger partial charge is 0.219 e. The second-order valence-electron chi connectivity index (χ2n) is 4.29. The Kier molecular flexibility index (Phi) is 3.73. The van der Waals surface area contributed by atoms with Crippen molar-refractivity contribution in [1.29, 1.82) is 0 Å². The molecule has 2 rings (SSSR count). The first-order chi connectivity index (χ1) is 9.24. The van der Waals surface area contributed by atoms with Gasteiger partial charge < -0.3 is 0 Å². The van der Waals surface area contributed by atoms with Crippen LogP contribution in [0.25, 0.3) is 5.82 Å². The Balaban J connectivity index is 2.62. The van der Waals surface area contributed by atoms with Gasteiger partial charge in [-0.05, 0) is 37.4 Å². The van der Waals surface area contributed by atoms with Crippen molar-refractivity contribution in [2.45, 2.75) is 33.4 Å². The quantitative estimate of drug-likeness (QED) is 0.797. The lowest BCUT2D eigenvalue weighted by atomic mass is 10.1. The molecule has 0 aliphatic heterocycles. The molecule has 0 amide bonds. The Hall–Kier alpha value is -1.63. The van der Waals surface area contributed by atoms with Crippen LogP contribution in [0, 0.1) is 13.8 Å². The summed E-state index contributed by atoms with van der Waals surface area (Å²) in [6.45, 7) is 5.54. The van der Waals surface area contributed by atoms with Gasteiger partial charge in [0.05, 0.1) is 5.69 Å². The summed E-state index contributed by atoms with van der Waals surface area (Å²) in [4.78, 5) is 7.02. The third-order valence-corrected chi connectivity index (χ3v) is 3.16. The van der Waals surface area contributed by atoms with Gasteiger partial charge in [-0.3, -0.25) is 0 Å². The molecule has 2 heterocycles. The number of rotatable bonds is 2. The molecule has 4 nitrogen and oxygen atoms in total. The standard InChI is InChI=1S/C12H12ClF3N4/c1-4-8-6(2)19-20(7(8)3)10-5-9(12(14,15)16)17-11(13)18-10/h5H,4H2,1-3H3. The molecule has 8 heteroatoms. The van der Waals surface area contributed by atoms with Crippen molar-refractivity contribution >= 4 is 11.6 Å². The number of halogens is 4. The first kappa shape index (κ1) is 14.8. The summed E-state index contributed by atoms with van der Waals surface area (Å²) in [5.74, 6) is 0.0117.